The van der Waals surface area contributed by atoms with E-state index in [2.05, 4.69) is 5.32 Å². The molecule has 0 bridgehead atoms. The fraction of sp³-hybridized carbons (Fsp3) is 0.533. The predicted molar refractivity (Wildman–Crippen MR) is 86.0 cm³/mol. The Morgan fingerprint density at radius 1 is 1.30 bits per heavy atom. The number of rotatable bonds is 2. The maximum atomic E-state index is 12.9. The van der Waals surface area contributed by atoms with Crippen LogP contribution in [-0.4, -0.2) is 50.5 Å². The van der Waals surface area contributed by atoms with E-state index in [1.165, 1.54) is 4.31 Å². The van der Waals surface area contributed by atoms with Gasteiger partial charge in [-0.2, -0.15) is 4.31 Å². The van der Waals surface area contributed by atoms with Crippen LogP contribution in [0.25, 0.3) is 0 Å². The lowest BCUT2D eigenvalue weighted by Gasteiger charge is -2.33. The third-order valence-electron chi connectivity index (χ3n) is 4.47. The van der Waals surface area contributed by atoms with Gasteiger partial charge < -0.3 is 10.1 Å². The Hall–Kier alpha value is -1.15. The number of nitrogens with one attached hydrogen (secondary N) is 1. The third-order valence-corrected chi connectivity index (χ3v) is 6.87. The highest BCUT2D eigenvalue weighted by Crippen LogP contribution is 2.33. The molecule has 0 radical (unpaired) electrons. The van der Waals surface area contributed by atoms with Gasteiger partial charge in [-0.15, -0.1) is 0 Å². The topological polar surface area (TPSA) is 75.7 Å². The van der Waals surface area contributed by atoms with Crippen molar-refractivity contribution in [2.24, 2.45) is 0 Å². The van der Waals surface area contributed by atoms with E-state index in [-0.39, 0.29) is 24.0 Å². The zero-order chi connectivity index (χ0) is 16.8. The molecule has 126 valence electrons. The van der Waals surface area contributed by atoms with E-state index >= 15 is 0 Å². The average molecular weight is 359 g/mol. The normalized spacial score (nSPS) is 25.8. The first-order chi connectivity index (χ1) is 10.7. The molecule has 6 nitrogen and oxygen atoms in total. The lowest BCUT2D eigenvalue weighted by Crippen LogP contribution is -2.54. The summed E-state index contributed by atoms with van der Waals surface area (Å²) < 4.78 is 33.0. The molecule has 0 saturated carbocycles. The Kier molecular flexibility index (Phi) is 4.16. The summed E-state index contributed by atoms with van der Waals surface area (Å²) in [5.74, 6) is -0.166. The molecular weight excluding hydrogens is 340 g/mol. The molecule has 1 amide bonds. The molecule has 23 heavy (non-hydrogen) atoms. The van der Waals surface area contributed by atoms with Crippen LogP contribution in [0.1, 0.15) is 17.5 Å². The number of aryl methyl sites for hydroxylation is 2. The largest absolute Gasteiger partial charge is 0.362 e. The SMILES string of the molecule is Cc1cc(S(=O)(=O)N2CCC3(CNC(=O)CO3)C2)c(C)cc1Cl. The number of halogens is 1. The van der Waals surface area contributed by atoms with E-state index in [0.717, 1.165) is 5.56 Å². The van der Waals surface area contributed by atoms with Crippen LogP contribution in [0.2, 0.25) is 5.02 Å². The molecular formula is C15H19ClN2O4S. The molecule has 1 N–H and O–H groups in total. The minimum absolute atomic E-state index is 0.0209. The zero-order valence-electron chi connectivity index (χ0n) is 13.1. The first-order valence-corrected chi connectivity index (χ1v) is 9.23. The van der Waals surface area contributed by atoms with E-state index < -0.39 is 15.6 Å². The van der Waals surface area contributed by atoms with Crippen molar-refractivity contribution in [3.8, 4) is 0 Å². The van der Waals surface area contributed by atoms with Crippen molar-refractivity contribution < 1.29 is 17.9 Å². The van der Waals surface area contributed by atoms with Crippen LogP contribution < -0.4 is 5.32 Å². The first-order valence-electron chi connectivity index (χ1n) is 7.41. The summed E-state index contributed by atoms with van der Waals surface area (Å²) >= 11 is 6.06. The zero-order valence-corrected chi connectivity index (χ0v) is 14.6. The summed E-state index contributed by atoms with van der Waals surface area (Å²) in [6.45, 7) is 4.47. The highest BCUT2D eigenvalue weighted by atomic mass is 35.5. The van der Waals surface area contributed by atoms with Crippen LogP contribution >= 0.6 is 11.6 Å². The van der Waals surface area contributed by atoms with Crippen LogP contribution in [0.4, 0.5) is 0 Å². The van der Waals surface area contributed by atoms with Gasteiger partial charge in [0.25, 0.3) is 0 Å². The molecule has 2 heterocycles. The van der Waals surface area contributed by atoms with Gasteiger partial charge in [0.1, 0.15) is 12.2 Å². The monoisotopic (exact) mass is 358 g/mol. The van der Waals surface area contributed by atoms with E-state index in [0.29, 0.717) is 30.1 Å². The summed E-state index contributed by atoms with van der Waals surface area (Å²) in [7, 11) is -3.62. The molecule has 2 aliphatic heterocycles. The van der Waals surface area contributed by atoms with Gasteiger partial charge in [0, 0.05) is 24.7 Å². The number of amides is 1. The number of benzene rings is 1. The molecule has 1 aromatic carbocycles. The van der Waals surface area contributed by atoms with Crippen LogP contribution in [0.3, 0.4) is 0 Å². The molecule has 8 heteroatoms. The van der Waals surface area contributed by atoms with Crippen molar-refractivity contribution in [2.45, 2.75) is 30.8 Å². The van der Waals surface area contributed by atoms with Crippen molar-refractivity contribution in [1.82, 2.24) is 9.62 Å². The Morgan fingerprint density at radius 2 is 2.04 bits per heavy atom. The lowest BCUT2D eigenvalue weighted by atomic mass is 10.0. The highest BCUT2D eigenvalue weighted by molar-refractivity contribution is 7.89. The van der Waals surface area contributed by atoms with Crippen molar-refractivity contribution in [3.63, 3.8) is 0 Å². The Bertz CT molecular complexity index is 753. The highest BCUT2D eigenvalue weighted by Gasteiger charge is 2.46. The Morgan fingerprint density at radius 3 is 2.70 bits per heavy atom. The average Bonchev–Trinajstić information content (AvgIpc) is 2.91. The number of nitrogens with zero attached hydrogens (tertiary/aromatic N) is 1. The smallest absolute Gasteiger partial charge is 0.246 e. The summed E-state index contributed by atoms with van der Waals surface area (Å²) in [6.07, 6.45) is 0.568. The molecule has 1 aromatic rings. The van der Waals surface area contributed by atoms with Gasteiger partial charge in [0.05, 0.1) is 4.90 Å². The number of ether oxygens (including phenoxy) is 1. The van der Waals surface area contributed by atoms with E-state index in [4.69, 9.17) is 16.3 Å². The number of morpholine rings is 1. The van der Waals surface area contributed by atoms with Crippen LogP contribution in [0.5, 0.6) is 0 Å². The number of carbonyl (C=O) groups excluding carboxylic acids is 1. The van der Waals surface area contributed by atoms with Crippen LogP contribution in [0.15, 0.2) is 17.0 Å². The minimum Gasteiger partial charge on any atom is -0.362 e. The van der Waals surface area contributed by atoms with Crippen molar-refractivity contribution >= 4 is 27.5 Å². The predicted octanol–water partition coefficient (Wildman–Crippen LogP) is 1.24. The number of carbonyl (C=O) groups is 1. The minimum atomic E-state index is -3.62. The van der Waals surface area contributed by atoms with Crippen molar-refractivity contribution in [2.75, 3.05) is 26.2 Å². The fourth-order valence-electron chi connectivity index (χ4n) is 3.03. The van der Waals surface area contributed by atoms with Gasteiger partial charge >= 0.3 is 0 Å². The second kappa shape index (κ2) is 5.73. The number of sulfonamides is 1. The second-order valence-corrected chi connectivity index (χ2v) is 8.52. The number of hydrogen-bond donors (Lipinski definition) is 1. The van der Waals surface area contributed by atoms with Gasteiger partial charge in [0.2, 0.25) is 15.9 Å². The summed E-state index contributed by atoms with van der Waals surface area (Å²) in [5, 5.41) is 3.31. The van der Waals surface area contributed by atoms with Gasteiger partial charge in [0.15, 0.2) is 0 Å². The Labute approximate surface area is 140 Å². The molecule has 0 aliphatic carbocycles. The molecule has 1 spiro atoms. The van der Waals surface area contributed by atoms with E-state index in [9.17, 15) is 13.2 Å². The third kappa shape index (κ3) is 2.98. The van der Waals surface area contributed by atoms with Crippen LogP contribution in [0, 0.1) is 13.8 Å². The molecule has 1 atom stereocenters. The quantitative estimate of drug-likeness (QED) is 0.863. The van der Waals surface area contributed by atoms with Gasteiger partial charge in [-0.05, 0) is 43.5 Å². The van der Waals surface area contributed by atoms with E-state index in [1.807, 2.05) is 0 Å². The van der Waals surface area contributed by atoms with Crippen molar-refractivity contribution in [1.29, 1.82) is 0 Å². The van der Waals surface area contributed by atoms with Crippen LogP contribution in [-0.2, 0) is 19.6 Å². The lowest BCUT2D eigenvalue weighted by molar-refractivity contribution is -0.141. The van der Waals surface area contributed by atoms with Gasteiger partial charge in [-0.25, -0.2) is 8.42 Å². The molecule has 2 saturated heterocycles. The molecule has 0 aromatic heterocycles. The molecule has 3 rings (SSSR count). The molecule has 2 fully saturated rings. The molecule has 1 unspecified atom stereocenters. The Balaban J connectivity index is 1.87. The number of hydrogen-bond acceptors (Lipinski definition) is 4. The molecule has 2 aliphatic rings. The summed E-state index contributed by atoms with van der Waals surface area (Å²) in [6, 6.07) is 3.29. The maximum absolute atomic E-state index is 12.9. The first kappa shape index (κ1) is 16.7. The van der Waals surface area contributed by atoms with E-state index in [1.54, 1.807) is 26.0 Å². The standard InChI is InChI=1S/C15H19ClN2O4S/c1-10-6-13(11(2)5-12(10)16)23(20,21)18-4-3-15(9-18)8-17-14(19)7-22-15/h5-6H,3-4,7-9H2,1-2H3,(H,17,19). The summed E-state index contributed by atoms with van der Waals surface area (Å²) in [4.78, 5) is 11.5. The van der Waals surface area contributed by atoms with Gasteiger partial charge in [-0.1, -0.05) is 11.6 Å². The maximum Gasteiger partial charge on any atom is 0.246 e. The van der Waals surface area contributed by atoms with Crippen molar-refractivity contribution in [3.05, 3.63) is 28.3 Å². The second-order valence-electron chi connectivity index (χ2n) is 6.20. The fourth-order valence-corrected chi connectivity index (χ4v) is 5.05. The van der Waals surface area contributed by atoms with Gasteiger partial charge in [-0.3, -0.25) is 4.79 Å². The summed E-state index contributed by atoms with van der Waals surface area (Å²) in [5.41, 5.74) is 0.737.